The molecule has 0 radical (unpaired) electrons. The van der Waals surface area contributed by atoms with Gasteiger partial charge in [0.2, 0.25) is 11.5 Å². The topological polar surface area (TPSA) is 18.5 Å². The van der Waals surface area contributed by atoms with Crippen LogP contribution < -0.4 is 9.78 Å². The van der Waals surface area contributed by atoms with E-state index in [-0.39, 0.29) is 25.8 Å². The van der Waals surface area contributed by atoms with E-state index in [0.717, 1.165) is 0 Å². The summed E-state index contributed by atoms with van der Waals surface area (Å²) >= 11 is 30.3. The summed E-state index contributed by atoms with van der Waals surface area (Å²) in [5.41, 5.74) is 1.14. The lowest BCUT2D eigenvalue weighted by atomic mass is 10.0. The maximum atomic E-state index is 6.21. The van der Waals surface area contributed by atoms with Crippen LogP contribution in [-0.2, 0) is 0 Å². The quantitative estimate of drug-likeness (QED) is 0.313. The Morgan fingerprint density at radius 3 is 2.05 bits per heavy atom. The molecule has 0 atom stereocenters. The number of rotatable bonds is 0. The lowest BCUT2D eigenvalue weighted by molar-refractivity contribution is -0.102. The molecule has 0 aromatic heterocycles. The molecule has 1 aliphatic rings. The van der Waals surface area contributed by atoms with Crippen LogP contribution in [0.15, 0.2) is 18.2 Å². The first-order valence-electron chi connectivity index (χ1n) is 5.01. The van der Waals surface area contributed by atoms with Gasteiger partial charge in [-0.15, -0.1) is 0 Å². The molecule has 2 aromatic rings. The zero-order valence-electron chi connectivity index (χ0n) is 8.94. The highest BCUT2D eigenvalue weighted by Gasteiger charge is 2.30. The Labute approximate surface area is 133 Å². The molecular formula is C12H3Cl5O2. The summed E-state index contributed by atoms with van der Waals surface area (Å²) in [6.45, 7) is 0. The Morgan fingerprint density at radius 2 is 1.32 bits per heavy atom. The lowest BCUT2D eigenvalue weighted by Crippen LogP contribution is -2.09. The van der Waals surface area contributed by atoms with Crippen molar-refractivity contribution in [3.05, 3.63) is 43.3 Å². The van der Waals surface area contributed by atoms with Gasteiger partial charge in [-0.1, -0.05) is 70.1 Å². The van der Waals surface area contributed by atoms with Crippen LogP contribution in [0.3, 0.4) is 0 Å². The Balaban J connectivity index is 2.42. The van der Waals surface area contributed by atoms with Gasteiger partial charge in [0.25, 0.3) is 0 Å². The van der Waals surface area contributed by atoms with Gasteiger partial charge in [-0.05, 0) is 6.07 Å². The van der Waals surface area contributed by atoms with Gasteiger partial charge in [0.1, 0.15) is 5.02 Å². The third kappa shape index (κ3) is 1.94. The smallest absolute Gasteiger partial charge is 0.208 e. The summed E-state index contributed by atoms with van der Waals surface area (Å²) < 4.78 is 0. The molecule has 0 N–H and O–H groups in total. The molecule has 3 rings (SSSR count). The summed E-state index contributed by atoms with van der Waals surface area (Å²) in [4.78, 5) is 10.3. The van der Waals surface area contributed by atoms with E-state index < -0.39 is 0 Å². The van der Waals surface area contributed by atoms with Crippen molar-refractivity contribution in [2.24, 2.45) is 0 Å². The van der Waals surface area contributed by atoms with Gasteiger partial charge in [0.05, 0.1) is 25.7 Å². The highest BCUT2D eigenvalue weighted by atomic mass is 35.5. The van der Waals surface area contributed by atoms with Crippen LogP contribution in [0, 0.1) is 0 Å². The fourth-order valence-electron chi connectivity index (χ4n) is 1.80. The normalized spacial score (nSPS) is 12.3. The van der Waals surface area contributed by atoms with Crippen molar-refractivity contribution in [3.8, 4) is 22.6 Å². The van der Waals surface area contributed by atoms with Crippen LogP contribution in [0.5, 0.6) is 11.5 Å². The predicted molar refractivity (Wildman–Crippen MR) is 78.2 cm³/mol. The third-order valence-corrected chi connectivity index (χ3v) is 4.75. The van der Waals surface area contributed by atoms with E-state index in [2.05, 4.69) is 0 Å². The standard InChI is InChI=1S/C12H3Cl5O2/c13-5-3-1-2-4-6-7(14)8(15)9(16)10(17)12(6)19-18-11(4)5/h1-3H. The van der Waals surface area contributed by atoms with Gasteiger partial charge in [-0.25, -0.2) is 0 Å². The zero-order valence-corrected chi connectivity index (χ0v) is 12.7. The van der Waals surface area contributed by atoms with E-state index in [1.165, 1.54) is 0 Å². The largest absolute Gasteiger partial charge is 0.288 e. The molecule has 1 aliphatic heterocycles. The van der Waals surface area contributed by atoms with E-state index in [1.807, 2.05) is 0 Å². The summed E-state index contributed by atoms with van der Waals surface area (Å²) in [6.07, 6.45) is 0. The molecule has 0 spiro atoms. The summed E-state index contributed by atoms with van der Waals surface area (Å²) in [6, 6.07) is 5.20. The first-order valence-corrected chi connectivity index (χ1v) is 6.90. The molecule has 0 saturated carbocycles. The van der Waals surface area contributed by atoms with Gasteiger partial charge >= 0.3 is 0 Å². The van der Waals surface area contributed by atoms with Crippen molar-refractivity contribution < 1.29 is 9.78 Å². The van der Waals surface area contributed by atoms with Gasteiger partial charge in [0, 0.05) is 5.56 Å². The fraction of sp³-hybridized carbons (Fsp3) is 0. The summed E-state index contributed by atoms with van der Waals surface area (Å²) in [7, 11) is 0. The SMILES string of the molecule is Clc1cccc2c1OOc1c(Cl)c(Cl)c(Cl)c(Cl)c1-2. The van der Waals surface area contributed by atoms with Crippen LogP contribution in [0.1, 0.15) is 0 Å². The molecule has 0 unspecified atom stereocenters. The second-order valence-electron chi connectivity index (χ2n) is 3.74. The van der Waals surface area contributed by atoms with Gasteiger partial charge in [-0.2, -0.15) is 0 Å². The molecular weight excluding hydrogens is 353 g/mol. The van der Waals surface area contributed by atoms with Crippen molar-refractivity contribution in [2.45, 2.75) is 0 Å². The van der Waals surface area contributed by atoms with Crippen LogP contribution >= 0.6 is 58.0 Å². The van der Waals surface area contributed by atoms with Crippen LogP contribution in [0.4, 0.5) is 0 Å². The number of hydrogen-bond acceptors (Lipinski definition) is 2. The number of hydrogen-bond donors (Lipinski definition) is 0. The first kappa shape index (κ1) is 13.5. The predicted octanol–water partition coefficient (Wildman–Crippen LogP) is 6.31. The molecule has 19 heavy (non-hydrogen) atoms. The Morgan fingerprint density at radius 1 is 0.684 bits per heavy atom. The number of fused-ring (bicyclic) bond motifs is 3. The van der Waals surface area contributed by atoms with Crippen molar-refractivity contribution in [2.75, 3.05) is 0 Å². The van der Waals surface area contributed by atoms with Crippen molar-refractivity contribution in [1.82, 2.24) is 0 Å². The van der Waals surface area contributed by atoms with Crippen LogP contribution in [0.25, 0.3) is 11.1 Å². The van der Waals surface area contributed by atoms with Crippen molar-refractivity contribution in [3.63, 3.8) is 0 Å². The van der Waals surface area contributed by atoms with E-state index in [0.29, 0.717) is 21.9 Å². The Bertz CT molecular complexity index is 699. The molecule has 2 aromatic carbocycles. The molecule has 0 bridgehead atoms. The van der Waals surface area contributed by atoms with Crippen LogP contribution in [-0.4, -0.2) is 0 Å². The second kappa shape index (κ2) is 4.80. The third-order valence-electron chi connectivity index (χ3n) is 2.67. The molecule has 98 valence electrons. The molecule has 7 heteroatoms. The summed E-state index contributed by atoms with van der Waals surface area (Å²) in [5, 5.41) is 1.03. The minimum atomic E-state index is 0.112. The maximum Gasteiger partial charge on any atom is 0.208 e. The highest BCUT2D eigenvalue weighted by Crippen LogP contribution is 2.54. The Hall–Kier alpha value is -0.510. The monoisotopic (exact) mass is 354 g/mol. The van der Waals surface area contributed by atoms with E-state index in [4.69, 9.17) is 67.8 Å². The molecule has 0 amide bonds. The molecule has 0 aliphatic carbocycles. The van der Waals surface area contributed by atoms with Crippen LogP contribution in [0.2, 0.25) is 25.1 Å². The molecule has 0 saturated heterocycles. The second-order valence-corrected chi connectivity index (χ2v) is 5.66. The minimum absolute atomic E-state index is 0.112. The fourth-order valence-corrected chi connectivity index (χ4v) is 2.98. The minimum Gasteiger partial charge on any atom is -0.288 e. The molecule has 0 fully saturated rings. The zero-order chi connectivity index (χ0) is 13.7. The van der Waals surface area contributed by atoms with Gasteiger partial charge < -0.3 is 0 Å². The molecule has 2 nitrogen and oxygen atoms in total. The van der Waals surface area contributed by atoms with E-state index in [1.54, 1.807) is 18.2 Å². The first-order chi connectivity index (χ1) is 9.02. The van der Waals surface area contributed by atoms with E-state index in [9.17, 15) is 0 Å². The number of benzene rings is 2. The maximum absolute atomic E-state index is 6.21. The van der Waals surface area contributed by atoms with Crippen molar-refractivity contribution >= 4 is 58.0 Å². The Kier molecular flexibility index (Phi) is 3.40. The summed E-state index contributed by atoms with van der Waals surface area (Å²) in [5.74, 6) is 0.573. The molecule has 1 heterocycles. The number of halogens is 5. The van der Waals surface area contributed by atoms with Crippen molar-refractivity contribution in [1.29, 1.82) is 0 Å². The van der Waals surface area contributed by atoms with E-state index >= 15 is 0 Å². The average Bonchev–Trinajstić information content (AvgIpc) is 2.42. The van der Waals surface area contributed by atoms with Gasteiger partial charge in [0.15, 0.2) is 0 Å². The van der Waals surface area contributed by atoms with Gasteiger partial charge in [-0.3, -0.25) is 9.78 Å². The highest BCUT2D eigenvalue weighted by molar-refractivity contribution is 6.53. The lowest BCUT2D eigenvalue weighted by Gasteiger charge is -2.22. The average molecular weight is 356 g/mol. The number of para-hydroxylation sites is 1.